The highest BCUT2D eigenvalue weighted by molar-refractivity contribution is 7.99. The Morgan fingerprint density at radius 3 is 2.28 bits per heavy atom. The van der Waals surface area contributed by atoms with E-state index in [4.69, 9.17) is 10.2 Å². The molecule has 0 saturated carbocycles. The van der Waals surface area contributed by atoms with E-state index in [2.05, 4.69) is 6.07 Å². The van der Waals surface area contributed by atoms with Crippen LogP contribution in [0.15, 0.2) is 52.3 Å². The molecule has 3 rings (SSSR count). The molecule has 0 atom stereocenters. The predicted octanol–water partition coefficient (Wildman–Crippen LogP) is 6.70. The molecule has 1 heterocycles. The minimum atomic E-state index is -4.15. The first-order valence-electron chi connectivity index (χ1n) is 9.32. The molecule has 0 radical (unpaired) electrons. The van der Waals surface area contributed by atoms with Gasteiger partial charge in [-0.3, -0.25) is 0 Å². The number of aromatic nitrogens is 2. The van der Waals surface area contributed by atoms with Gasteiger partial charge in [0.15, 0.2) is 0 Å². The second-order valence-electron chi connectivity index (χ2n) is 7.94. The number of alkyl halides is 3. The van der Waals surface area contributed by atoms with Crippen LogP contribution in [0.5, 0.6) is 0 Å². The zero-order valence-electron chi connectivity index (χ0n) is 16.5. The van der Waals surface area contributed by atoms with Crippen LogP contribution in [0.25, 0.3) is 11.0 Å². The summed E-state index contributed by atoms with van der Waals surface area (Å²) in [5.41, 5.74) is 1.96. The summed E-state index contributed by atoms with van der Waals surface area (Å²) in [5, 5.41) is 8.91. The zero-order chi connectivity index (χ0) is 21.2. The van der Waals surface area contributed by atoms with Crippen molar-refractivity contribution < 1.29 is 13.2 Å². The molecule has 7 heteroatoms. The third-order valence-corrected chi connectivity index (χ3v) is 5.45. The Morgan fingerprint density at radius 2 is 1.69 bits per heavy atom. The van der Waals surface area contributed by atoms with E-state index in [0.717, 1.165) is 26.6 Å². The third kappa shape index (κ3) is 5.33. The van der Waals surface area contributed by atoms with Gasteiger partial charge in [-0.15, -0.1) is 0 Å². The Balaban J connectivity index is 1.90. The summed E-state index contributed by atoms with van der Waals surface area (Å²) in [5.74, 6) is 0.787. The Hall–Kier alpha value is -2.46. The highest BCUT2D eigenvalue weighted by Gasteiger charge is 2.28. The van der Waals surface area contributed by atoms with E-state index in [1.54, 1.807) is 23.9 Å². The lowest BCUT2D eigenvalue weighted by atomic mass is 9.95. The van der Waals surface area contributed by atoms with Gasteiger partial charge in [0.2, 0.25) is 0 Å². The molecule has 0 unspecified atom stereocenters. The van der Waals surface area contributed by atoms with Crippen LogP contribution in [-0.2, 0) is 12.0 Å². The van der Waals surface area contributed by atoms with E-state index >= 15 is 0 Å². The van der Waals surface area contributed by atoms with Crippen LogP contribution < -0.4 is 0 Å². The van der Waals surface area contributed by atoms with Crippen molar-refractivity contribution >= 4 is 22.8 Å². The molecule has 29 heavy (non-hydrogen) atoms. The van der Waals surface area contributed by atoms with E-state index in [1.165, 1.54) is 0 Å². The molecule has 0 spiro atoms. The fourth-order valence-corrected chi connectivity index (χ4v) is 3.99. The Kier molecular flexibility index (Phi) is 5.95. The molecule has 3 aromatic rings. The fourth-order valence-electron chi connectivity index (χ4n) is 3.14. The SMILES string of the molecule is CC(C)(C)c1nc2cc(Sc3ccc(C#N)cc3)ccc2n1CCCC(F)(F)F. The van der Waals surface area contributed by atoms with Crippen LogP contribution in [0.4, 0.5) is 13.2 Å². The van der Waals surface area contributed by atoms with Gasteiger partial charge in [0.1, 0.15) is 5.82 Å². The first kappa shape index (κ1) is 21.3. The number of hydrogen-bond acceptors (Lipinski definition) is 3. The van der Waals surface area contributed by atoms with E-state index in [-0.39, 0.29) is 18.4 Å². The smallest absolute Gasteiger partial charge is 0.328 e. The number of hydrogen-bond donors (Lipinski definition) is 0. The average Bonchev–Trinajstić information content (AvgIpc) is 3.00. The maximum Gasteiger partial charge on any atom is 0.389 e. The Bertz CT molecular complexity index is 1040. The summed E-state index contributed by atoms with van der Waals surface area (Å²) >= 11 is 1.56. The first-order chi connectivity index (χ1) is 13.6. The number of imidazole rings is 1. The van der Waals surface area contributed by atoms with Gasteiger partial charge >= 0.3 is 6.18 Å². The topological polar surface area (TPSA) is 41.6 Å². The second kappa shape index (κ2) is 8.11. The number of benzene rings is 2. The molecule has 0 aliphatic carbocycles. The summed E-state index contributed by atoms with van der Waals surface area (Å²) in [6, 6.07) is 15.3. The largest absolute Gasteiger partial charge is 0.389 e. The molecule has 0 aliphatic heterocycles. The van der Waals surface area contributed by atoms with Gasteiger partial charge in [0.25, 0.3) is 0 Å². The molecule has 0 N–H and O–H groups in total. The molecular weight excluding hydrogens is 395 g/mol. The van der Waals surface area contributed by atoms with Gasteiger partial charge in [0, 0.05) is 28.2 Å². The van der Waals surface area contributed by atoms with Crippen molar-refractivity contribution in [2.45, 2.75) is 61.5 Å². The second-order valence-corrected chi connectivity index (χ2v) is 9.09. The van der Waals surface area contributed by atoms with Crippen molar-refractivity contribution in [1.82, 2.24) is 9.55 Å². The number of rotatable bonds is 5. The van der Waals surface area contributed by atoms with Crippen molar-refractivity contribution in [3.63, 3.8) is 0 Å². The lowest BCUT2D eigenvalue weighted by molar-refractivity contribution is -0.135. The number of aryl methyl sites for hydroxylation is 1. The molecule has 0 aliphatic rings. The normalized spacial score (nSPS) is 12.3. The van der Waals surface area contributed by atoms with E-state index in [9.17, 15) is 13.2 Å². The van der Waals surface area contributed by atoms with Crippen molar-refractivity contribution in [2.24, 2.45) is 0 Å². The number of halogens is 3. The van der Waals surface area contributed by atoms with E-state index in [1.807, 2.05) is 55.7 Å². The molecule has 3 nitrogen and oxygen atoms in total. The molecule has 0 fully saturated rings. The van der Waals surface area contributed by atoms with Crippen molar-refractivity contribution in [2.75, 3.05) is 0 Å². The average molecular weight is 418 g/mol. The minimum absolute atomic E-state index is 0.0276. The van der Waals surface area contributed by atoms with Gasteiger partial charge in [0.05, 0.1) is 22.7 Å². The van der Waals surface area contributed by atoms with Crippen LogP contribution in [0.2, 0.25) is 0 Å². The van der Waals surface area contributed by atoms with Gasteiger partial charge in [-0.1, -0.05) is 32.5 Å². The van der Waals surface area contributed by atoms with Crippen LogP contribution in [-0.4, -0.2) is 15.7 Å². The first-order valence-corrected chi connectivity index (χ1v) is 10.1. The van der Waals surface area contributed by atoms with Crippen LogP contribution in [0, 0.1) is 11.3 Å². The quantitative estimate of drug-likeness (QED) is 0.464. The Morgan fingerprint density at radius 1 is 1.03 bits per heavy atom. The zero-order valence-corrected chi connectivity index (χ0v) is 17.4. The number of fused-ring (bicyclic) bond motifs is 1. The van der Waals surface area contributed by atoms with Crippen molar-refractivity contribution in [3.8, 4) is 6.07 Å². The monoisotopic (exact) mass is 417 g/mol. The number of nitriles is 1. The lowest BCUT2D eigenvalue weighted by Crippen LogP contribution is -2.20. The molecule has 0 amide bonds. The van der Waals surface area contributed by atoms with Crippen molar-refractivity contribution in [3.05, 3.63) is 53.9 Å². The highest BCUT2D eigenvalue weighted by Crippen LogP contribution is 2.33. The predicted molar refractivity (Wildman–Crippen MR) is 109 cm³/mol. The molecule has 0 saturated heterocycles. The highest BCUT2D eigenvalue weighted by atomic mass is 32.2. The molecule has 0 bridgehead atoms. The fraction of sp³-hybridized carbons (Fsp3) is 0.364. The summed E-state index contributed by atoms with van der Waals surface area (Å²) in [6.45, 7) is 6.33. The van der Waals surface area contributed by atoms with Crippen LogP contribution in [0.3, 0.4) is 0 Å². The van der Waals surface area contributed by atoms with E-state index < -0.39 is 12.6 Å². The van der Waals surface area contributed by atoms with Crippen LogP contribution >= 0.6 is 11.8 Å². The van der Waals surface area contributed by atoms with Crippen molar-refractivity contribution in [1.29, 1.82) is 5.26 Å². The summed E-state index contributed by atoms with van der Waals surface area (Å²) in [4.78, 5) is 6.75. The summed E-state index contributed by atoms with van der Waals surface area (Å²) < 4.78 is 39.7. The molecule has 1 aromatic heterocycles. The van der Waals surface area contributed by atoms with E-state index in [0.29, 0.717) is 5.56 Å². The lowest BCUT2D eigenvalue weighted by Gasteiger charge is -2.20. The molecule has 2 aromatic carbocycles. The Labute approximate surface area is 172 Å². The molecule has 152 valence electrons. The maximum absolute atomic E-state index is 12.6. The molecular formula is C22H22F3N3S. The maximum atomic E-state index is 12.6. The van der Waals surface area contributed by atoms with Crippen LogP contribution in [0.1, 0.15) is 45.0 Å². The van der Waals surface area contributed by atoms with Gasteiger partial charge in [-0.25, -0.2) is 4.98 Å². The van der Waals surface area contributed by atoms with Gasteiger partial charge in [-0.2, -0.15) is 18.4 Å². The van der Waals surface area contributed by atoms with Gasteiger partial charge in [-0.05, 0) is 48.9 Å². The standard InChI is InChI=1S/C22H22F3N3S/c1-21(2,3)20-27-18-13-17(29-16-7-5-15(14-26)6-8-16)9-10-19(18)28(20)12-4-11-22(23,24)25/h5-10,13H,4,11-12H2,1-3H3. The summed E-state index contributed by atoms with van der Waals surface area (Å²) in [7, 11) is 0. The number of nitrogens with zero attached hydrogens (tertiary/aromatic N) is 3. The summed E-state index contributed by atoms with van der Waals surface area (Å²) in [6.07, 6.45) is -4.92. The van der Waals surface area contributed by atoms with Gasteiger partial charge < -0.3 is 4.57 Å². The minimum Gasteiger partial charge on any atom is -0.328 e. The third-order valence-electron chi connectivity index (χ3n) is 4.45.